The van der Waals surface area contributed by atoms with Crippen LogP contribution >= 0.6 is 0 Å². The quantitative estimate of drug-likeness (QED) is 0.652. The average Bonchev–Trinajstić information content (AvgIpc) is 3.28. The molecule has 3 rings (SSSR count). The Bertz CT molecular complexity index is 522. The first-order valence-electron chi connectivity index (χ1n) is 7.61. The third-order valence-electron chi connectivity index (χ3n) is 4.19. The summed E-state index contributed by atoms with van der Waals surface area (Å²) in [6.07, 6.45) is 2.50. The Labute approximate surface area is 124 Å². The summed E-state index contributed by atoms with van der Waals surface area (Å²) in [5.41, 5.74) is 1.12. The van der Waals surface area contributed by atoms with E-state index < -0.39 is 5.97 Å². The summed E-state index contributed by atoms with van der Waals surface area (Å²) in [7, 11) is 0. The van der Waals surface area contributed by atoms with Gasteiger partial charge < -0.3 is 15.2 Å². The van der Waals surface area contributed by atoms with E-state index in [9.17, 15) is 9.90 Å². The summed E-state index contributed by atoms with van der Waals surface area (Å²) in [5, 5.41) is 13.5. The standard InChI is InChI=1S/C16H22N2O3/c1-11(19)21-15-5-4-13(10-14(15)20)16(12-2-3-12)18-8-6-17-7-9-18/h4-5,10,12,16-17,20H,2-3,6-9H2,1H3/t16-/m0/s1. The van der Waals surface area contributed by atoms with Gasteiger partial charge in [-0.3, -0.25) is 9.69 Å². The Morgan fingerprint density at radius 3 is 2.67 bits per heavy atom. The minimum Gasteiger partial charge on any atom is -0.504 e. The van der Waals surface area contributed by atoms with Gasteiger partial charge in [0.2, 0.25) is 0 Å². The third kappa shape index (κ3) is 3.36. The van der Waals surface area contributed by atoms with Crippen LogP contribution in [0.3, 0.4) is 0 Å². The molecule has 2 aliphatic rings. The van der Waals surface area contributed by atoms with Crippen LogP contribution in [0.15, 0.2) is 18.2 Å². The van der Waals surface area contributed by atoms with Gasteiger partial charge >= 0.3 is 5.97 Å². The summed E-state index contributed by atoms with van der Waals surface area (Å²) in [6, 6.07) is 5.79. The summed E-state index contributed by atoms with van der Waals surface area (Å²) < 4.78 is 4.99. The summed E-state index contributed by atoms with van der Waals surface area (Å²) in [4.78, 5) is 13.5. The predicted octanol–water partition coefficient (Wildman–Crippen LogP) is 1.67. The predicted molar refractivity (Wildman–Crippen MR) is 79.3 cm³/mol. The molecule has 114 valence electrons. The second-order valence-corrected chi connectivity index (χ2v) is 5.89. The lowest BCUT2D eigenvalue weighted by Crippen LogP contribution is -2.45. The lowest BCUT2D eigenvalue weighted by molar-refractivity contribution is -0.132. The van der Waals surface area contributed by atoms with Crippen molar-refractivity contribution in [2.24, 2.45) is 5.92 Å². The number of phenolic OH excluding ortho intramolecular Hbond substituents is 1. The maximum atomic E-state index is 11.0. The van der Waals surface area contributed by atoms with E-state index in [1.807, 2.05) is 6.07 Å². The Morgan fingerprint density at radius 1 is 1.38 bits per heavy atom. The van der Waals surface area contributed by atoms with Gasteiger partial charge in [0.15, 0.2) is 11.5 Å². The Hall–Kier alpha value is -1.59. The summed E-state index contributed by atoms with van der Waals surface area (Å²) >= 11 is 0. The molecule has 5 nitrogen and oxygen atoms in total. The van der Waals surface area contributed by atoms with E-state index in [1.54, 1.807) is 12.1 Å². The van der Waals surface area contributed by atoms with Crippen molar-refractivity contribution < 1.29 is 14.6 Å². The number of benzene rings is 1. The van der Waals surface area contributed by atoms with E-state index in [2.05, 4.69) is 10.2 Å². The molecule has 0 unspecified atom stereocenters. The Balaban J connectivity index is 1.82. The lowest BCUT2D eigenvalue weighted by Gasteiger charge is -2.35. The van der Waals surface area contributed by atoms with Crippen molar-refractivity contribution in [2.45, 2.75) is 25.8 Å². The monoisotopic (exact) mass is 290 g/mol. The normalized spacial score (nSPS) is 21.0. The van der Waals surface area contributed by atoms with Gasteiger partial charge in [-0.15, -0.1) is 0 Å². The van der Waals surface area contributed by atoms with Crippen molar-refractivity contribution in [1.29, 1.82) is 0 Å². The van der Waals surface area contributed by atoms with Crippen LogP contribution in [0.2, 0.25) is 0 Å². The third-order valence-corrected chi connectivity index (χ3v) is 4.19. The highest BCUT2D eigenvalue weighted by atomic mass is 16.5. The van der Waals surface area contributed by atoms with E-state index in [1.165, 1.54) is 19.8 Å². The number of phenols is 1. The molecule has 0 radical (unpaired) electrons. The van der Waals surface area contributed by atoms with Gasteiger partial charge in [-0.1, -0.05) is 6.07 Å². The molecule has 0 bridgehead atoms. The number of carbonyl (C=O) groups is 1. The van der Waals surface area contributed by atoms with Crippen molar-refractivity contribution in [1.82, 2.24) is 10.2 Å². The van der Waals surface area contributed by atoms with Gasteiger partial charge in [0.05, 0.1) is 0 Å². The highest BCUT2D eigenvalue weighted by Gasteiger charge is 2.37. The molecule has 1 aromatic carbocycles. The highest BCUT2D eigenvalue weighted by Crippen LogP contribution is 2.46. The molecular weight excluding hydrogens is 268 g/mol. The van der Waals surface area contributed by atoms with Gasteiger partial charge in [0.25, 0.3) is 0 Å². The zero-order valence-electron chi connectivity index (χ0n) is 12.3. The molecule has 0 spiro atoms. The second-order valence-electron chi connectivity index (χ2n) is 5.89. The molecule has 1 atom stereocenters. The average molecular weight is 290 g/mol. The van der Waals surface area contributed by atoms with Crippen molar-refractivity contribution >= 4 is 5.97 Å². The smallest absolute Gasteiger partial charge is 0.308 e. The van der Waals surface area contributed by atoms with Crippen LogP contribution in [0.25, 0.3) is 0 Å². The van der Waals surface area contributed by atoms with Gasteiger partial charge in [-0.2, -0.15) is 0 Å². The molecule has 1 aromatic rings. The number of hydrogen-bond donors (Lipinski definition) is 2. The number of rotatable bonds is 4. The van der Waals surface area contributed by atoms with E-state index in [0.717, 1.165) is 31.7 Å². The number of carbonyl (C=O) groups excluding carboxylic acids is 1. The first-order valence-corrected chi connectivity index (χ1v) is 7.61. The minimum absolute atomic E-state index is 0.0449. The lowest BCUT2D eigenvalue weighted by atomic mass is 9.99. The largest absolute Gasteiger partial charge is 0.504 e. The van der Waals surface area contributed by atoms with E-state index in [-0.39, 0.29) is 11.5 Å². The number of nitrogens with zero attached hydrogens (tertiary/aromatic N) is 1. The van der Waals surface area contributed by atoms with Crippen LogP contribution < -0.4 is 10.1 Å². The molecule has 1 saturated heterocycles. The molecule has 2 N–H and O–H groups in total. The SMILES string of the molecule is CC(=O)Oc1ccc([C@H](C2CC2)N2CCNCC2)cc1O. The number of aromatic hydroxyl groups is 1. The fourth-order valence-electron chi connectivity index (χ4n) is 3.11. The van der Waals surface area contributed by atoms with Gasteiger partial charge in [-0.05, 0) is 36.5 Å². The second kappa shape index (κ2) is 6.03. The van der Waals surface area contributed by atoms with Crippen LogP contribution in [0.1, 0.15) is 31.4 Å². The minimum atomic E-state index is -0.418. The Morgan fingerprint density at radius 2 is 2.10 bits per heavy atom. The molecule has 0 amide bonds. The van der Waals surface area contributed by atoms with Crippen molar-refractivity contribution in [3.8, 4) is 11.5 Å². The van der Waals surface area contributed by atoms with Gasteiger partial charge in [0, 0.05) is 39.1 Å². The summed E-state index contributed by atoms with van der Waals surface area (Å²) in [5.74, 6) is 0.547. The van der Waals surface area contributed by atoms with Crippen LogP contribution in [0.4, 0.5) is 0 Å². The summed E-state index contributed by atoms with van der Waals surface area (Å²) in [6.45, 7) is 5.43. The van der Waals surface area contributed by atoms with E-state index in [4.69, 9.17) is 4.74 Å². The maximum Gasteiger partial charge on any atom is 0.308 e. The molecular formula is C16H22N2O3. The molecule has 21 heavy (non-hydrogen) atoms. The van der Waals surface area contributed by atoms with E-state index >= 15 is 0 Å². The first-order chi connectivity index (χ1) is 10.1. The number of esters is 1. The molecule has 1 heterocycles. The molecule has 1 aliphatic carbocycles. The van der Waals surface area contributed by atoms with Crippen LogP contribution in [-0.2, 0) is 4.79 Å². The van der Waals surface area contributed by atoms with Crippen molar-refractivity contribution in [2.75, 3.05) is 26.2 Å². The van der Waals surface area contributed by atoms with Gasteiger partial charge in [0.1, 0.15) is 0 Å². The van der Waals surface area contributed by atoms with Crippen LogP contribution in [-0.4, -0.2) is 42.2 Å². The number of hydrogen-bond acceptors (Lipinski definition) is 5. The topological polar surface area (TPSA) is 61.8 Å². The van der Waals surface area contributed by atoms with E-state index in [0.29, 0.717) is 12.0 Å². The number of ether oxygens (including phenoxy) is 1. The fourth-order valence-corrected chi connectivity index (χ4v) is 3.11. The number of piperazine rings is 1. The van der Waals surface area contributed by atoms with Crippen molar-refractivity contribution in [3.63, 3.8) is 0 Å². The highest BCUT2D eigenvalue weighted by molar-refractivity contribution is 5.70. The first kappa shape index (κ1) is 14.4. The molecule has 1 saturated carbocycles. The zero-order chi connectivity index (χ0) is 14.8. The maximum absolute atomic E-state index is 11.0. The molecule has 1 aliphatic heterocycles. The van der Waals surface area contributed by atoms with Crippen LogP contribution in [0, 0.1) is 5.92 Å². The zero-order valence-corrected chi connectivity index (χ0v) is 12.3. The fraction of sp³-hybridized carbons (Fsp3) is 0.562. The molecule has 0 aromatic heterocycles. The van der Waals surface area contributed by atoms with Gasteiger partial charge in [-0.25, -0.2) is 0 Å². The van der Waals surface area contributed by atoms with Crippen LogP contribution in [0.5, 0.6) is 11.5 Å². The molecule has 5 heteroatoms. The Kier molecular flexibility index (Phi) is 4.12. The molecule has 2 fully saturated rings. The van der Waals surface area contributed by atoms with Crippen molar-refractivity contribution in [3.05, 3.63) is 23.8 Å². The number of nitrogens with one attached hydrogen (secondary N) is 1.